The predicted molar refractivity (Wildman–Crippen MR) is 63.2 cm³/mol. The van der Waals surface area contributed by atoms with Crippen molar-refractivity contribution in [3.05, 3.63) is 66.1 Å². The molecule has 1 aliphatic heterocycles. The van der Waals surface area contributed by atoms with Gasteiger partial charge in [0.1, 0.15) is 0 Å². The second kappa shape index (κ2) is 4.86. The minimum Gasteiger partial charge on any atom is -0.758 e. The van der Waals surface area contributed by atoms with Crippen LogP contribution in [0.25, 0.3) is 5.41 Å². The van der Waals surface area contributed by atoms with Crippen molar-refractivity contribution >= 4 is 11.6 Å². The lowest BCUT2D eigenvalue weighted by Crippen LogP contribution is -2.24. The summed E-state index contributed by atoms with van der Waals surface area (Å²) in [6.07, 6.45) is -1.73. The van der Waals surface area contributed by atoms with E-state index in [1.165, 1.54) is 12.1 Å². The van der Waals surface area contributed by atoms with Crippen LogP contribution in [0.5, 0.6) is 0 Å². The van der Waals surface area contributed by atoms with Crippen LogP contribution in [0.4, 0.5) is 5.69 Å². The van der Waals surface area contributed by atoms with Gasteiger partial charge < -0.3 is 5.41 Å². The number of nitro groups is 2. The zero-order valence-corrected chi connectivity index (χ0v) is 9.70. The molecule has 2 rings (SSSR count). The van der Waals surface area contributed by atoms with Crippen molar-refractivity contribution in [1.29, 1.82) is 0 Å². The maximum Gasteiger partial charge on any atom is 0.434 e. The van der Waals surface area contributed by atoms with Crippen LogP contribution >= 0.6 is 0 Å². The summed E-state index contributed by atoms with van der Waals surface area (Å²) >= 11 is 0. The van der Waals surface area contributed by atoms with E-state index in [0.29, 0.717) is 0 Å². The monoisotopic (exact) mass is 278 g/mol. The second-order valence-electron chi connectivity index (χ2n) is 3.86. The van der Waals surface area contributed by atoms with Crippen LogP contribution in [-0.4, -0.2) is 26.9 Å². The number of nitro benzene ring substituents is 1. The SMILES string of the molecule is [N-]=C=C1C(c2ccc([N+](=O)[O-])cc2)C([N+](=O)[O-])O[N+]1=O. The zero-order valence-electron chi connectivity index (χ0n) is 9.70. The number of benzene rings is 1. The molecule has 0 radical (unpaired) electrons. The van der Waals surface area contributed by atoms with Crippen molar-refractivity contribution in [3.63, 3.8) is 0 Å². The largest absolute Gasteiger partial charge is 0.758 e. The third-order valence-corrected chi connectivity index (χ3v) is 2.77. The lowest BCUT2D eigenvalue weighted by Gasteiger charge is -2.05. The van der Waals surface area contributed by atoms with E-state index in [1.807, 2.05) is 0 Å². The lowest BCUT2D eigenvalue weighted by molar-refractivity contribution is -0.804. The van der Waals surface area contributed by atoms with Gasteiger partial charge >= 0.3 is 11.9 Å². The number of non-ortho nitro benzene ring substituents is 1. The molecule has 0 spiro atoms. The Labute approximate surface area is 110 Å². The summed E-state index contributed by atoms with van der Waals surface area (Å²) in [7, 11) is 0. The van der Waals surface area contributed by atoms with Crippen LogP contribution in [0.2, 0.25) is 0 Å². The average Bonchev–Trinajstić information content (AvgIpc) is 2.75. The van der Waals surface area contributed by atoms with Gasteiger partial charge in [-0.3, -0.25) is 20.2 Å². The smallest absolute Gasteiger partial charge is 0.434 e. The fourth-order valence-electron chi connectivity index (χ4n) is 1.86. The first kappa shape index (κ1) is 13.3. The van der Waals surface area contributed by atoms with Crippen LogP contribution in [0, 0.1) is 25.1 Å². The van der Waals surface area contributed by atoms with E-state index in [0.717, 1.165) is 12.1 Å². The molecule has 0 amide bonds. The highest BCUT2D eigenvalue weighted by Crippen LogP contribution is 2.35. The minimum atomic E-state index is -1.73. The maximum atomic E-state index is 11.3. The van der Waals surface area contributed by atoms with Crippen molar-refractivity contribution in [2.75, 3.05) is 0 Å². The third kappa shape index (κ3) is 2.10. The molecule has 20 heavy (non-hydrogen) atoms. The lowest BCUT2D eigenvalue weighted by atomic mass is 9.95. The van der Waals surface area contributed by atoms with Gasteiger partial charge in [0.25, 0.3) is 10.6 Å². The Morgan fingerprint density at radius 2 is 1.85 bits per heavy atom. The van der Waals surface area contributed by atoms with E-state index < -0.39 is 27.7 Å². The second-order valence-corrected chi connectivity index (χ2v) is 3.86. The molecule has 0 aliphatic carbocycles. The molecule has 1 aromatic carbocycles. The summed E-state index contributed by atoms with van der Waals surface area (Å²) in [4.78, 5) is 35.5. The summed E-state index contributed by atoms with van der Waals surface area (Å²) < 4.78 is 0. The Morgan fingerprint density at radius 3 is 2.30 bits per heavy atom. The Balaban J connectivity index is 2.46. The van der Waals surface area contributed by atoms with Crippen LogP contribution in [0.1, 0.15) is 11.5 Å². The molecule has 0 bridgehead atoms. The van der Waals surface area contributed by atoms with Crippen LogP contribution in [-0.2, 0) is 4.84 Å². The van der Waals surface area contributed by atoms with E-state index >= 15 is 0 Å². The van der Waals surface area contributed by atoms with Gasteiger partial charge in [0, 0.05) is 12.1 Å². The van der Waals surface area contributed by atoms with E-state index in [9.17, 15) is 25.1 Å². The van der Waals surface area contributed by atoms with Crippen molar-refractivity contribution in [2.45, 2.75) is 12.1 Å². The molecule has 0 saturated carbocycles. The molecule has 0 N–H and O–H groups in total. The Morgan fingerprint density at radius 1 is 1.25 bits per heavy atom. The van der Waals surface area contributed by atoms with E-state index in [1.54, 1.807) is 5.87 Å². The molecule has 1 heterocycles. The first-order valence-electron chi connectivity index (χ1n) is 5.24. The molecular weight excluding hydrogens is 272 g/mol. The normalized spacial score (nSPS) is 21.2. The molecule has 0 aromatic heterocycles. The standard InChI is InChI=1S/C10H6N4O6/c11-5-8-9(10(13(17)18)20-14(8)19)6-1-3-7(4-2-6)12(15)16/h1-4,9-10H. The van der Waals surface area contributed by atoms with Crippen molar-refractivity contribution < 1.29 is 19.6 Å². The van der Waals surface area contributed by atoms with Crippen molar-refractivity contribution in [3.8, 4) is 0 Å². The zero-order chi connectivity index (χ0) is 14.9. The summed E-state index contributed by atoms with van der Waals surface area (Å²) in [5, 5.41) is 30.3. The fourth-order valence-corrected chi connectivity index (χ4v) is 1.86. The Bertz CT molecular complexity index is 648. The summed E-state index contributed by atoms with van der Waals surface area (Å²) in [5.74, 6) is 0.351. The van der Waals surface area contributed by atoms with Crippen LogP contribution < -0.4 is 0 Å². The van der Waals surface area contributed by atoms with Gasteiger partial charge in [-0.25, -0.2) is 0 Å². The van der Waals surface area contributed by atoms with Gasteiger partial charge in [-0.1, -0.05) is 12.1 Å². The van der Waals surface area contributed by atoms with E-state index in [2.05, 4.69) is 4.84 Å². The quantitative estimate of drug-likeness (QED) is 0.461. The van der Waals surface area contributed by atoms with Gasteiger partial charge in [0.15, 0.2) is 5.92 Å². The van der Waals surface area contributed by atoms with E-state index in [-0.39, 0.29) is 16.2 Å². The molecule has 10 heteroatoms. The maximum absolute atomic E-state index is 11.3. The predicted octanol–water partition coefficient (Wildman–Crippen LogP) is 1.13. The van der Waals surface area contributed by atoms with Crippen LogP contribution in [0.3, 0.4) is 0 Å². The topological polar surface area (TPSA) is 138 Å². The molecule has 2 atom stereocenters. The Kier molecular flexibility index (Phi) is 3.23. The minimum absolute atomic E-state index is 0.195. The van der Waals surface area contributed by atoms with Gasteiger partial charge in [0.05, 0.1) is 14.8 Å². The molecule has 1 aliphatic rings. The number of rotatable bonds is 3. The summed E-state index contributed by atoms with van der Waals surface area (Å²) in [6.45, 7) is 0. The average molecular weight is 278 g/mol. The van der Waals surface area contributed by atoms with Crippen molar-refractivity contribution in [2.24, 2.45) is 0 Å². The molecule has 1 saturated heterocycles. The van der Waals surface area contributed by atoms with Crippen molar-refractivity contribution in [1.82, 2.24) is 0 Å². The first-order valence-corrected chi connectivity index (χ1v) is 5.24. The molecule has 10 nitrogen and oxygen atoms in total. The summed E-state index contributed by atoms with van der Waals surface area (Å²) in [6, 6.07) is 4.77. The number of hydrogen-bond donors (Lipinski definition) is 0. The summed E-state index contributed by atoms with van der Waals surface area (Å²) in [5.41, 5.74) is -0.462. The van der Waals surface area contributed by atoms with Gasteiger partial charge in [0.2, 0.25) is 0 Å². The van der Waals surface area contributed by atoms with Crippen LogP contribution in [0.15, 0.2) is 30.0 Å². The highest BCUT2D eigenvalue weighted by molar-refractivity contribution is 5.61. The number of hydrogen-bond acceptors (Lipinski definition) is 6. The fraction of sp³-hybridized carbons (Fsp3) is 0.200. The molecule has 2 unspecified atom stereocenters. The number of nitrogens with zero attached hydrogens (tertiary/aromatic N) is 4. The highest BCUT2D eigenvalue weighted by atomic mass is 16.8. The van der Waals surface area contributed by atoms with E-state index in [4.69, 9.17) is 5.41 Å². The highest BCUT2D eigenvalue weighted by Gasteiger charge is 2.56. The van der Waals surface area contributed by atoms with Gasteiger partial charge in [-0.15, -0.1) is 4.84 Å². The molecule has 1 aromatic rings. The Hall–Kier alpha value is -3.13. The molecular formula is C10H6N4O6. The van der Waals surface area contributed by atoms with Gasteiger partial charge in [-0.2, -0.15) is 5.87 Å². The molecule has 1 fully saturated rings. The van der Waals surface area contributed by atoms with Gasteiger partial charge in [-0.05, 0) is 5.56 Å². The first-order chi connectivity index (χ1) is 9.45. The molecule has 102 valence electrons. The third-order valence-electron chi connectivity index (χ3n) is 2.77.